The largest absolute Gasteiger partial charge is 0.492 e. The van der Waals surface area contributed by atoms with E-state index in [4.69, 9.17) is 19.3 Å². The number of alkyl halides is 5. The fourth-order valence-electron chi connectivity index (χ4n) is 2.76. The molecule has 0 aliphatic rings. The maximum Gasteiger partial charge on any atom is 0.405 e. The van der Waals surface area contributed by atoms with Crippen LogP contribution in [0.25, 0.3) is 0 Å². The Bertz CT molecular complexity index is 771. The SMILES string of the molecule is CCOC(Cc1ccc(OCCN(CCOCCC(C)(F)F)C(=O)NCC(F)(F)F)cc1)C(=O)O. The Kier molecular flexibility index (Phi) is 12.7. The molecular formula is C22H31F5N2O6. The first-order valence-electron chi connectivity index (χ1n) is 10.9. The van der Waals surface area contributed by atoms with Crippen molar-refractivity contribution in [1.82, 2.24) is 10.2 Å². The van der Waals surface area contributed by atoms with E-state index in [2.05, 4.69) is 0 Å². The first-order valence-corrected chi connectivity index (χ1v) is 10.9. The van der Waals surface area contributed by atoms with Gasteiger partial charge in [-0.3, -0.25) is 0 Å². The number of carbonyl (C=O) groups is 2. The lowest BCUT2D eigenvalue weighted by Gasteiger charge is -2.24. The third-order valence-electron chi connectivity index (χ3n) is 4.54. The fourth-order valence-corrected chi connectivity index (χ4v) is 2.76. The van der Waals surface area contributed by atoms with Crippen LogP contribution in [0, 0.1) is 0 Å². The molecule has 1 atom stereocenters. The second kappa shape index (κ2) is 14.7. The standard InChI is InChI=1S/C22H31F5N2O6/c1-3-34-18(19(30)31)14-16-4-6-17(7-5-16)35-13-10-29(20(32)28-15-22(25,26)27)9-12-33-11-8-21(2,23)24/h4-7,18H,3,8-15H2,1-2H3,(H,28,32)(H,30,31). The van der Waals surface area contributed by atoms with Crippen molar-refractivity contribution < 1.29 is 50.9 Å². The molecule has 2 N–H and O–H groups in total. The van der Waals surface area contributed by atoms with Crippen molar-refractivity contribution in [3.8, 4) is 5.75 Å². The normalized spacial score (nSPS) is 12.8. The number of halogens is 5. The number of hydrogen-bond donors (Lipinski definition) is 2. The van der Waals surface area contributed by atoms with Crippen LogP contribution in [0.4, 0.5) is 26.7 Å². The van der Waals surface area contributed by atoms with E-state index in [0.717, 1.165) is 11.8 Å². The Morgan fingerprint density at radius 2 is 1.69 bits per heavy atom. The number of aliphatic carboxylic acids is 1. The average molecular weight is 514 g/mol. The van der Waals surface area contributed by atoms with E-state index in [0.29, 0.717) is 11.3 Å². The van der Waals surface area contributed by atoms with Gasteiger partial charge in [-0.1, -0.05) is 12.1 Å². The maximum atomic E-state index is 12.8. The number of carboxylic acid groups (broad SMARTS) is 1. The fraction of sp³-hybridized carbons (Fsp3) is 0.636. The van der Waals surface area contributed by atoms with Gasteiger partial charge < -0.3 is 29.5 Å². The van der Waals surface area contributed by atoms with Gasteiger partial charge in [0.05, 0.1) is 19.8 Å². The van der Waals surface area contributed by atoms with Crippen LogP contribution in [0.2, 0.25) is 0 Å². The van der Waals surface area contributed by atoms with Crippen LogP contribution in [0.1, 0.15) is 25.8 Å². The van der Waals surface area contributed by atoms with E-state index >= 15 is 0 Å². The molecule has 0 aromatic heterocycles. The summed E-state index contributed by atoms with van der Waals surface area (Å²) in [7, 11) is 0. The van der Waals surface area contributed by atoms with Gasteiger partial charge in [0.2, 0.25) is 5.92 Å². The highest BCUT2D eigenvalue weighted by Crippen LogP contribution is 2.17. The summed E-state index contributed by atoms with van der Waals surface area (Å²) >= 11 is 0. The summed E-state index contributed by atoms with van der Waals surface area (Å²) in [5.41, 5.74) is 0.696. The van der Waals surface area contributed by atoms with E-state index in [9.17, 15) is 31.5 Å². The highest BCUT2D eigenvalue weighted by molar-refractivity contribution is 5.74. The molecule has 8 nitrogen and oxygen atoms in total. The minimum atomic E-state index is -4.59. The minimum Gasteiger partial charge on any atom is -0.492 e. The second-order valence-corrected chi connectivity index (χ2v) is 7.67. The van der Waals surface area contributed by atoms with Crippen molar-refractivity contribution in [2.75, 3.05) is 46.1 Å². The highest BCUT2D eigenvalue weighted by atomic mass is 19.4. The summed E-state index contributed by atoms with van der Waals surface area (Å²) < 4.78 is 78.7. The predicted octanol–water partition coefficient (Wildman–Crippen LogP) is 3.73. The average Bonchev–Trinajstić information content (AvgIpc) is 2.75. The number of benzene rings is 1. The smallest absolute Gasteiger partial charge is 0.405 e. The molecule has 0 aliphatic heterocycles. The van der Waals surface area contributed by atoms with Gasteiger partial charge in [-0.05, 0) is 31.5 Å². The number of carbonyl (C=O) groups excluding carboxylic acids is 1. The summed E-state index contributed by atoms with van der Waals surface area (Å²) in [6, 6.07) is 5.47. The van der Waals surface area contributed by atoms with E-state index in [1.807, 2.05) is 0 Å². The van der Waals surface area contributed by atoms with Crippen molar-refractivity contribution in [1.29, 1.82) is 0 Å². The number of nitrogens with one attached hydrogen (secondary N) is 1. The summed E-state index contributed by atoms with van der Waals surface area (Å²) in [6.07, 6.45) is -5.95. The van der Waals surface area contributed by atoms with Crippen LogP contribution in [-0.4, -0.2) is 86.3 Å². The number of ether oxygens (including phenoxy) is 3. The van der Waals surface area contributed by atoms with E-state index in [1.54, 1.807) is 36.5 Å². The summed E-state index contributed by atoms with van der Waals surface area (Å²) in [4.78, 5) is 24.4. The maximum absolute atomic E-state index is 12.8. The van der Waals surface area contributed by atoms with Crippen molar-refractivity contribution in [2.24, 2.45) is 0 Å². The van der Waals surface area contributed by atoms with Gasteiger partial charge in [0, 0.05) is 26.0 Å². The highest BCUT2D eigenvalue weighted by Gasteiger charge is 2.29. The summed E-state index contributed by atoms with van der Waals surface area (Å²) in [6.45, 7) is 0.455. The first kappa shape index (κ1) is 30.4. The molecule has 0 bridgehead atoms. The van der Waals surface area contributed by atoms with Gasteiger partial charge in [0.1, 0.15) is 18.9 Å². The van der Waals surface area contributed by atoms with Crippen molar-refractivity contribution >= 4 is 12.0 Å². The summed E-state index contributed by atoms with van der Waals surface area (Å²) in [5, 5.41) is 10.9. The monoisotopic (exact) mass is 514 g/mol. The molecule has 0 heterocycles. The molecule has 1 aromatic rings. The summed E-state index contributed by atoms with van der Waals surface area (Å²) in [5.74, 6) is -3.59. The zero-order valence-corrected chi connectivity index (χ0v) is 19.6. The number of urea groups is 1. The number of hydrogen-bond acceptors (Lipinski definition) is 5. The molecule has 0 spiro atoms. The van der Waals surface area contributed by atoms with Crippen molar-refractivity contribution in [2.45, 2.75) is 44.9 Å². The van der Waals surface area contributed by atoms with Crippen LogP contribution >= 0.6 is 0 Å². The lowest BCUT2D eigenvalue weighted by molar-refractivity contribution is -0.150. The Balaban J connectivity index is 2.59. The van der Waals surface area contributed by atoms with Crippen LogP contribution in [0.15, 0.2) is 24.3 Å². The predicted molar refractivity (Wildman–Crippen MR) is 116 cm³/mol. The van der Waals surface area contributed by atoms with Gasteiger partial charge >= 0.3 is 18.2 Å². The zero-order chi connectivity index (χ0) is 26.5. The second-order valence-electron chi connectivity index (χ2n) is 7.67. The van der Waals surface area contributed by atoms with E-state index in [-0.39, 0.29) is 45.9 Å². The molecule has 0 fully saturated rings. The minimum absolute atomic E-state index is 0.0670. The third-order valence-corrected chi connectivity index (χ3v) is 4.54. The Morgan fingerprint density at radius 1 is 1.06 bits per heavy atom. The van der Waals surface area contributed by atoms with E-state index in [1.165, 1.54) is 0 Å². The van der Waals surface area contributed by atoms with Crippen LogP contribution in [-0.2, 0) is 20.7 Å². The number of carboxylic acids is 1. The molecule has 1 rings (SSSR count). The van der Waals surface area contributed by atoms with Gasteiger partial charge in [-0.15, -0.1) is 0 Å². The molecule has 2 amide bonds. The van der Waals surface area contributed by atoms with Crippen LogP contribution in [0.3, 0.4) is 0 Å². The third kappa shape index (κ3) is 14.4. The van der Waals surface area contributed by atoms with Gasteiger partial charge in [-0.25, -0.2) is 18.4 Å². The molecule has 1 aromatic carbocycles. The van der Waals surface area contributed by atoms with Crippen LogP contribution in [0.5, 0.6) is 5.75 Å². The molecule has 0 aliphatic carbocycles. The lowest BCUT2D eigenvalue weighted by Crippen LogP contribution is -2.46. The molecule has 0 saturated carbocycles. The van der Waals surface area contributed by atoms with Crippen LogP contribution < -0.4 is 10.1 Å². The lowest BCUT2D eigenvalue weighted by atomic mass is 10.1. The number of amides is 2. The molecule has 35 heavy (non-hydrogen) atoms. The first-order chi connectivity index (χ1) is 16.3. The Morgan fingerprint density at radius 3 is 2.23 bits per heavy atom. The molecule has 0 saturated heterocycles. The Labute approximate surface area is 200 Å². The molecular weight excluding hydrogens is 483 g/mol. The van der Waals surface area contributed by atoms with Gasteiger partial charge in [0.15, 0.2) is 6.10 Å². The number of nitrogens with zero attached hydrogens (tertiary/aromatic N) is 1. The number of rotatable bonds is 16. The van der Waals surface area contributed by atoms with E-state index < -0.39 is 43.2 Å². The quantitative estimate of drug-likeness (QED) is 0.258. The molecule has 1 unspecified atom stereocenters. The topological polar surface area (TPSA) is 97.3 Å². The molecule has 13 heteroatoms. The van der Waals surface area contributed by atoms with Crippen molar-refractivity contribution in [3.05, 3.63) is 29.8 Å². The van der Waals surface area contributed by atoms with Gasteiger partial charge in [-0.2, -0.15) is 13.2 Å². The van der Waals surface area contributed by atoms with Gasteiger partial charge in [0.25, 0.3) is 0 Å². The molecule has 200 valence electrons. The zero-order valence-electron chi connectivity index (χ0n) is 19.6. The molecule has 0 radical (unpaired) electrons. The Hall–Kier alpha value is -2.67. The van der Waals surface area contributed by atoms with Crippen molar-refractivity contribution in [3.63, 3.8) is 0 Å².